The molecule has 2 aromatic rings. The quantitative estimate of drug-likeness (QED) is 0.802. The van der Waals surface area contributed by atoms with Crippen LogP contribution in [0, 0.1) is 6.92 Å². The van der Waals surface area contributed by atoms with Crippen molar-refractivity contribution >= 4 is 11.6 Å². The lowest BCUT2D eigenvalue weighted by Crippen LogP contribution is -2.03. The Hall–Kier alpha value is -1.42. The van der Waals surface area contributed by atoms with Crippen LogP contribution in [0.25, 0.3) is 5.69 Å². The van der Waals surface area contributed by atoms with E-state index in [-0.39, 0.29) is 0 Å². The molecule has 3 rings (SSSR count). The van der Waals surface area contributed by atoms with E-state index >= 15 is 0 Å². The first kappa shape index (κ1) is 9.78. The third-order valence-corrected chi connectivity index (χ3v) is 3.09. The van der Waals surface area contributed by atoms with Crippen molar-refractivity contribution < 1.29 is 0 Å². The molecule has 1 aromatic carbocycles. The number of hydrogen-bond donors (Lipinski definition) is 0. The van der Waals surface area contributed by atoms with Gasteiger partial charge in [-0.15, -0.1) is 5.10 Å². The fourth-order valence-corrected chi connectivity index (χ4v) is 1.94. The van der Waals surface area contributed by atoms with Crippen molar-refractivity contribution in [1.82, 2.24) is 20.2 Å². The predicted octanol–water partition coefficient (Wildman–Crippen LogP) is 2.50. The zero-order valence-electron chi connectivity index (χ0n) is 8.89. The fourth-order valence-electron chi connectivity index (χ4n) is 1.75. The van der Waals surface area contributed by atoms with E-state index in [9.17, 15) is 0 Å². The Morgan fingerprint density at radius 1 is 1.38 bits per heavy atom. The van der Waals surface area contributed by atoms with Gasteiger partial charge in [0.05, 0.1) is 10.7 Å². The molecule has 0 spiro atoms. The highest BCUT2D eigenvalue weighted by molar-refractivity contribution is 6.32. The Balaban J connectivity index is 2.13. The fraction of sp³-hybridized carbons (Fsp3) is 0.364. The van der Waals surface area contributed by atoms with E-state index in [0.717, 1.165) is 17.1 Å². The van der Waals surface area contributed by atoms with Crippen molar-refractivity contribution in [2.45, 2.75) is 25.7 Å². The summed E-state index contributed by atoms with van der Waals surface area (Å²) in [6.07, 6.45) is 2.34. The minimum absolute atomic E-state index is 0.506. The SMILES string of the molecule is Cc1ccc(Cl)c(-n2nnnc2C2CC2)c1. The van der Waals surface area contributed by atoms with Crippen molar-refractivity contribution in [3.05, 3.63) is 34.6 Å². The molecule has 1 aromatic heterocycles. The molecule has 5 heteroatoms. The van der Waals surface area contributed by atoms with Crippen molar-refractivity contribution in [1.29, 1.82) is 0 Å². The lowest BCUT2D eigenvalue weighted by atomic mass is 10.2. The van der Waals surface area contributed by atoms with Gasteiger partial charge in [0.15, 0.2) is 5.82 Å². The molecular weight excluding hydrogens is 224 g/mol. The largest absolute Gasteiger partial charge is 0.196 e. The molecule has 0 unspecified atom stereocenters. The van der Waals surface area contributed by atoms with E-state index < -0.39 is 0 Å². The summed E-state index contributed by atoms with van der Waals surface area (Å²) in [7, 11) is 0. The minimum Gasteiger partial charge on any atom is -0.196 e. The predicted molar refractivity (Wildman–Crippen MR) is 60.9 cm³/mol. The number of aryl methyl sites for hydroxylation is 1. The summed E-state index contributed by atoms with van der Waals surface area (Å²) in [5.74, 6) is 1.43. The van der Waals surface area contributed by atoms with Crippen molar-refractivity contribution in [2.24, 2.45) is 0 Å². The van der Waals surface area contributed by atoms with Crippen LogP contribution in [0.4, 0.5) is 0 Å². The first-order chi connectivity index (χ1) is 7.75. The van der Waals surface area contributed by atoms with Gasteiger partial charge < -0.3 is 0 Å². The third kappa shape index (κ3) is 1.59. The lowest BCUT2D eigenvalue weighted by Gasteiger charge is -2.06. The van der Waals surface area contributed by atoms with Gasteiger partial charge in [-0.1, -0.05) is 17.7 Å². The Morgan fingerprint density at radius 3 is 2.94 bits per heavy atom. The van der Waals surface area contributed by atoms with E-state index in [1.165, 1.54) is 12.8 Å². The molecule has 0 bridgehead atoms. The number of benzene rings is 1. The van der Waals surface area contributed by atoms with Crippen molar-refractivity contribution in [3.63, 3.8) is 0 Å². The first-order valence-corrected chi connectivity index (χ1v) is 5.68. The zero-order chi connectivity index (χ0) is 11.1. The molecule has 16 heavy (non-hydrogen) atoms. The summed E-state index contributed by atoms with van der Waals surface area (Å²) < 4.78 is 1.76. The molecule has 0 radical (unpaired) electrons. The molecule has 0 atom stereocenters. The highest BCUT2D eigenvalue weighted by Crippen LogP contribution is 2.39. The van der Waals surface area contributed by atoms with Gasteiger partial charge in [-0.05, 0) is 47.9 Å². The monoisotopic (exact) mass is 234 g/mol. The molecule has 1 heterocycles. The Labute approximate surface area is 98.2 Å². The second-order valence-electron chi connectivity index (χ2n) is 4.18. The summed E-state index contributed by atoms with van der Waals surface area (Å²) >= 11 is 6.17. The second-order valence-corrected chi connectivity index (χ2v) is 4.59. The smallest absolute Gasteiger partial charge is 0.159 e. The van der Waals surface area contributed by atoms with Gasteiger partial charge >= 0.3 is 0 Å². The van der Waals surface area contributed by atoms with E-state index in [4.69, 9.17) is 11.6 Å². The topological polar surface area (TPSA) is 43.6 Å². The molecule has 1 aliphatic carbocycles. The summed E-state index contributed by atoms with van der Waals surface area (Å²) in [6, 6.07) is 5.86. The minimum atomic E-state index is 0.506. The van der Waals surface area contributed by atoms with Gasteiger partial charge in [0, 0.05) is 5.92 Å². The Kier molecular flexibility index (Phi) is 2.17. The molecule has 0 saturated heterocycles. The number of rotatable bonds is 2. The number of halogens is 1. The molecule has 82 valence electrons. The normalized spacial score (nSPS) is 15.4. The Bertz CT molecular complexity index is 531. The molecule has 4 nitrogen and oxygen atoms in total. The summed E-state index contributed by atoms with van der Waals surface area (Å²) in [5, 5.41) is 12.5. The third-order valence-electron chi connectivity index (χ3n) is 2.77. The summed E-state index contributed by atoms with van der Waals surface area (Å²) in [5.41, 5.74) is 2.02. The van der Waals surface area contributed by atoms with Gasteiger partial charge in [-0.2, -0.15) is 4.68 Å². The van der Waals surface area contributed by atoms with E-state index in [1.807, 2.05) is 25.1 Å². The van der Waals surface area contributed by atoms with Crippen LogP contribution < -0.4 is 0 Å². The molecule has 0 amide bonds. The number of aromatic nitrogens is 4. The molecular formula is C11H11ClN4. The molecule has 1 saturated carbocycles. The van der Waals surface area contributed by atoms with E-state index in [2.05, 4.69) is 15.5 Å². The van der Waals surface area contributed by atoms with Crippen molar-refractivity contribution in [2.75, 3.05) is 0 Å². The van der Waals surface area contributed by atoms with Gasteiger partial charge in [0.25, 0.3) is 0 Å². The number of hydrogen-bond acceptors (Lipinski definition) is 3. The van der Waals surface area contributed by atoms with Crippen LogP contribution in [-0.4, -0.2) is 20.2 Å². The van der Waals surface area contributed by atoms with Gasteiger partial charge in [-0.25, -0.2) is 0 Å². The number of tetrazole rings is 1. The molecule has 0 N–H and O–H groups in total. The van der Waals surface area contributed by atoms with Crippen LogP contribution in [0.1, 0.15) is 30.1 Å². The van der Waals surface area contributed by atoms with Gasteiger partial charge in [-0.3, -0.25) is 0 Å². The maximum Gasteiger partial charge on any atom is 0.159 e. The molecule has 1 fully saturated rings. The standard InChI is InChI=1S/C11H11ClN4/c1-7-2-5-9(12)10(6-7)16-11(8-3-4-8)13-14-15-16/h2,5-6,8H,3-4H2,1H3. The van der Waals surface area contributed by atoms with E-state index in [0.29, 0.717) is 10.9 Å². The average Bonchev–Trinajstić information content (AvgIpc) is 3.01. The van der Waals surface area contributed by atoms with Gasteiger partial charge in [0.2, 0.25) is 0 Å². The highest BCUT2D eigenvalue weighted by Gasteiger charge is 2.30. The van der Waals surface area contributed by atoms with Crippen LogP contribution in [-0.2, 0) is 0 Å². The molecule has 1 aliphatic rings. The Morgan fingerprint density at radius 2 is 2.19 bits per heavy atom. The van der Waals surface area contributed by atoms with Crippen LogP contribution in [0.2, 0.25) is 5.02 Å². The van der Waals surface area contributed by atoms with Crippen LogP contribution in [0.3, 0.4) is 0 Å². The summed E-state index contributed by atoms with van der Waals surface area (Å²) in [4.78, 5) is 0. The lowest BCUT2D eigenvalue weighted by molar-refractivity contribution is 0.763. The van der Waals surface area contributed by atoms with Crippen LogP contribution >= 0.6 is 11.6 Å². The van der Waals surface area contributed by atoms with Crippen molar-refractivity contribution in [3.8, 4) is 5.69 Å². The zero-order valence-corrected chi connectivity index (χ0v) is 9.65. The average molecular weight is 235 g/mol. The summed E-state index contributed by atoms with van der Waals surface area (Å²) in [6.45, 7) is 2.03. The second kappa shape index (κ2) is 3.56. The van der Waals surface area contributed by atoms with Crippen LogP contribution in [0.5, 0.6) is 0 Å². The van der Waals surface area contributed by atoms with Gasteiger partial charge in [0.1, 0.15) is 0 Å². The maximum absolute atomic E-state index is 6.17. The first-order valence-electron chi connectivity index (χ1n) is 5.30. The van der Waals surface area contributed by atoms with Crippen LogP contribution in [0.15, 0.2) is 18.2 Å². The molecule has 0 aliphatic heterocycles. The van der Waals surface area contributed by atoms with E-state index in [1.54, 1.807) is 4.68 Å². The highest BCUT2D eigenvalue weighted by atomic mass is 35.5. The number of nitrogens with zero attached hydrogens (tertiary/aromatic N) is 4. The maximum atomic E-state index is 6.17.